The molecule has 2 aliphatic rings. The van der Waals surface area contributed by atoms with Gasteiger partial charge in [-0.25, -0.2) is 10.4 Å². The smallest absolute Gasteiger partial charge is 0.0615 e. The van der Waals surface area contributed by atoms with Gasteiger partial charge in [0, 0.05) is 44.5 Å². The molecule has 0 saturated carbocycles. The molecule has 1 unspecified atom stereocenters. The first kappa shape index (κ1) is 17.7. The maximum atomic E-state index is 5.79. The number of hydrogen-bond acceptors (Lipinski definition) is 8. The maximum absolute atomic E-state index is 5.79. The zero-order valence-corrected chi connectivity index (χ0v) is 14.2. The van der Waals surface area contributed by atoms with Gasteiger partial charge in [-0.1, -0.05) is 6.07 Å². The van der Waals surface area contributed by atoms with E-state index in [1.165, 1.54) is 0 Å². The standard InChI is InChI=1S/C16H30N8/c17-24-10-6-16(12-24)22-21-14-4-8-23(9-5-14)13-20-19-11-15-3-1-2-7-18-15/h1-3,7,14,16,19-22H,4-6,8-13,17H2. The van der Waals surface area contributed by atoms with Crippen LogP contribution >= 0.6 is 0 Å². The van der Waals surface area contributed by atoms with Crippen LogP contribution < -0.4 is 27.5 Å². The number of rotatable bonds is 8. The van der Waals surface area contributed by atoms with Gasteiger partial charge in [-0.3, -0.25) is 32.0 Å². The number of pyridine rings is 1. The summed E-state index contributed by atoms with van der Waals surface area (Å²) in [4.78, 5) is 6.72. The van der Waals surface area contributed by atoms with Gasteiger partial charge in [-0.15, -0.1) is 0 Å². The minimum Gasteiger partial charge on any atom is -0.289 e. The summed E-state index contributed by atoms with van der Waals surface area (Å²) >= 11 is 0. The molecule has 0 aliphatic carbocycles. The fourth-order valence-electron chi connectivity index (χ4n) is 3.20. The molecule has 1 aromatic rings. The molecule has 6 N–H and O–H groups in total. The highest BCUT2D eigenvalue weighted by Gasteiger charge is 2.22. The summed E-state index contributed by atoms with van der Waals surface area (Å²) in [6, 6.07) is 6.99. The largest absolute Gasteiger partial charge is 0.289 e. The molecular weight excluding hydrogens is 304 g/mol. The molecule has 3 heterocycles. The van der Waals surface area contributed by atoms with E-state index in [4.69, 9.17) is 5.84 Å². The predicted molar refractivity (Wildman–Crippen MR) is 94.1 cm³/mol. The minimum absolute atomic E-state index is 0.477. The van der Waals surface area contributed by atoms with Crippen LogP contribution in [0.4, 0.5) is 0 Å². The van der Waals surface area contributed by atoms with Gasteiger partial charge in [0.2, 0.25) is 0 Å². The molecule has 0 amide bonds. The SMILES string of the molecule is NN1CCC(NNC2CCN(CNNCc3ccccn3)CC2)C1. The number of piperidine rings is 1. The van der Waals surface area contributed by atoms with Crippen molar-refractivity contribution >= 4 is 0 Å². The summed E-state index contributed by atoms with van der Waals surface area (Å²) in [5.74, 6) is 5.79. The van der Waals surface area contributed by atoms with Crippen LogP contribution in [0.25, 0.3) is 0 Å². The van der Waals surface area contributed by atoms with Crippen LogP contribution in [0.2, 0.25) is 0 Å². The van der Waals surface area contributed by atoms with E-state index in [9.17, 15) is 0 Å². The Balaban J connectivity index is 1.23. The van der Waals surface area contributed by atoms with Crippen molar-refractivity contribution < 1.29 is 0 Å². The molecule has 2 saturated heterocycles. The van der Waals surface area contributed by atoms with Crippen LogP contribution in [-0.4, -0.2) is 59.8 Å². The Labute approximate surface area is 144 Å². The maximum Gasteiger partial charge on any atom is 0.0615 e. The van der Waals surface area contributed by atoms with Crippen LogP contribution in [0.5, 0.6) is 0 Å². The molecule has 3 rings (SSSR count). The van der Waals surface area contributed by atoms with Crippen molar-refractivity contribution in [3.8, 4) is 0 Å². The Morgan fingerprint density at radius 3 is 2.54 bits per heavy atom. The zero-order valence-electron chi connectivity index (χ0n) is 14.2. The number of hydrazine groups is 3. The van der Waals surface area contributed by atoms with Crippen LogP contribution in [0.3, 0.4) is 0 Å². The van der Waals surface area contributed by atoms with E-state index in [1.54, 1.807) is 0 Å². The summed E-state index contributed by atoms with van der Waals surface area (Å²) in [5.41, 5.74) is 14.5. The summed E-state index contributed by atoms with van der Waals surface area (Å²) in [6.45, 7) is 5.71. The van der Waals surface area contributed by atoms with Gasteiger partial charge >= 0.3 is 0 Å². The van der Waals surface area contributed by atoms with E-state index < -0.39 is 0 Å². The van der Waals surface area contributed by atoms with E-state index in [1.807, 2.05) is 29.4 Å². The quantitative estimate of drug-likeness (QED) is 0.238. The second-order valence-corrected chi connectivity index (χ2v) is 6.67. The van der Waals surface area contributed by atoms with Crippen molar-refractivity contribution in [1.82, 2.24) is 36.6 Å². The Hall–Kier alpha value is -1.13. The van der Waals surface area contributed by atoms with Crippen LogP contribution in [0.1, 0.15) is 25.0 Å². The van der Waals surface area contributed by atoms with E-state index >= 15 is 0 Å². The van der Waals surface area contributed by atoms with Crippen LogP contribution in [-0.2, 0) is 6.54 Å². The molecule has 2 aliphatic heterocycles. The second-order valence-electron chi connectivity index (χ2n) is 6.67. The number of nitrogens with two attached hydrogens (primary N) is 1. The lowest BCUT2D eigenvalue weighted by Crippen LogP contribution is -2.53. The lowest BCUT2D eigenvalue weighted by atomic mass is 10.1. The molecule has 24 heavy (non-hydrogen) atoms. The molecule has 0 bridgehead atoms. The molecule has 2 fully saturated rings. The molecule has 8 heteroatoms. The number of likely N-dealkylation sites (tertiary alicyclic amines) is 1. The molecular formula is C16H30N8. The summed E-state index contributed by atoms with van der Waals surface area (Å²) < 4.78 is 0. The Kier molecular flexibility index (Phi) is 6.91. The summed E-state index contributed by atoms with van der Waals surface area (Å²) in [7, 11) is 0. The van der Waals surface area contributed by atoms with Crippen molar-refractivity contribution in [3.63, 3.8) is 0 Å². The van der Waals surface area contributed by atoms with Crippen LogP contribution in [0, 0.1) is 0 Å². The highest BCUT2D eigenvalue weighted by molar-refractivity contribution is 5.02. The fraction of sp³-hybridized carbons (Fsp3) is 0.688. The van der Waals surface area contributed by atoms with Gasteiger partial charge < -0.3 is 0 Å². The van der Waals surface area contributed by atoms with Crippen LogP contribution in [0.15, 0.2) is 24.4 Å². The van der Waals surface area contributed by atoms with Gasteiger partial charge in [0.15, 0.2) is 0 Å². The van der Waals surface area contributed by atoms with E-state index in [2.05, 4.69) is 31.6 Å². The van der Waals surface area contributed by atoms with Crippen molar-refractivity contribution in [3.05, 3.63) is 30.1 Å². The van der Waals surface area contributed by atoms with Gasteiger partial charge in [0.25, 0.3) is 0 Å². The number of hydrogen-bond donors (Lipinski definition) is 5. The topological polar surface area (TPSA) is 93.5 Å². The molecule has 0 radical (unpaired) electrons. The van der Waals surface area contributed by atoms with Gasteiger partial charge in [0.05, 0.1) is 18.9 Å². The third kappa shape index (κ3) is 5.75. The second kappa shape index (κ2) is 9.38. The first-order valence-corrected chi connectivity index (χ1v) is 8.88. The first-order chi connectivity index (χ1) is 11.8. The Morgan fingerprint density at radius 1 is 1.04 bits per heavy atom. The lowest BCUT2D eigenvalue weighted by molar-refractivity contribution is 0.166. The summed E-state index contributed by atoms with van der Waals surface area (Å²) in [6.07, 6.45) is 5.26. The predicted octanol–water partition coefficient (Wildman–Crippen LogP) is -0.860. The number of aromatic nitrogens is 1. The first-order valence-electron chi connectivity index (χ1n) is 8.88. The van der Waals surface area contributed by atoms with Gasteiger partial charge in [0.1, 0.15) is 0 Å². The van der Waals surface area contributed by atoms with Crippen molar-refractivity contribution in [2.45, 2.75) is 37.9 Å². The molecule has 134 valence electrons. The van der Waals surface area contributed by atoms with E-state index in [0.717, 1.165) is 64.3 Å². The zero-order chi connectivity index (χ0) is 16.6. The molecule has 0 aromatic carbocycles. The van der Waals surface area contributed by atoms with E-state index in [-0.39, 0.29) is 0 Å². The van der Waals surface area contributed by atoms with Gasteiger partial charge in [-0.05, 0) is 31.4 Å². The number of nitrogens with one attached hydrogen (secondary N) is 4. The third-order valence-electron chi connectivity index (χ3n) is 4.72. The normalized spacial score (nSPS) is 23.8. The number of nitrogens with zero attached hydrogens (tertiary/aromatic N) is 3. The molecule has 0 spiro atoms. The van der Waals surface area contributed by atoms with Crippen molar-refractivity contribution in [2.24, 2.45) is 5.84 Å². The fourth-order valence-corrected chi connectivity index (χ4v) is 3.20. The minimum atomic E-state index is 0.477. The highest BCUT2D eigenvalue weighted by Crippen LogP contribution is 2.09. The Morgan fingerprint density at radius 2 is 1.83 bits per heavy atom. The third-order valence-corrected chi connectivity index (χ3v) is 4.72. The molecule has 1 aromatic heterocycles. The highest BCUT2D eigenvalue weighted by atomic mass is 15.5. The molecule has 8 nitrogen and oxygen atoms in total. The van der Waals surface area contributed by atoms with Crippen molar-refractivity contribution in [1.29, 1.82) is 0 Å². The molecule has 1 atom stereocenters. The van der Waals surface area contributed by atoms with E-state index in [0.29, 0.717) is 12.1 Å². The average molecular weight is 334 g/mol. The van der Waals surface area contributed by atoms with Gasteiger partial charge in [-0.2, -0.15) is 0 Å². The Bertz CT molecular complexity index is 462. The average Bonchev–Trinajstić information content (AvgIpc) is 3.04. The van der Waals surface area contributed by atoms with Crippen molar-refractivity contribution in [2.75, 3.05) is 32.8 Å². The summed E-state index contributed by atoms with van der Waals surface area (Å²) in [5, 5.41) is 1.88. The monoisotopic (exact) mass is 334 g/mol. The lowest BCUT2D eigenvalue weighted by Gasteiger charge is -2.33.